The van der Waals surface area contributed by atoms with Crippen molar-refractivity contribution < 1.29 is 27.4 Å². The summed E-state index contributed by atoms with van der Waals surface area (Å²) >= 11 is 0. The third kappa shape index (κ3) is 5.96. The molecule has 0 aromatic heterocycles. The zero-order valence-electron chi connectivity index (χ0n) is 18.7. The Hall–Kier alpha value is -2.70. The highest BCUT2D eigenvalue weighted by Gasteiger charge is 2.31. The van der Waals surface area contributed by atoms with Crippen LogP contribution in [0.3, 0.4) is 0 Å². The van der Waals surface area contributed by atoms with Crippen LogP contribution in [0.4, 0.5) is 18.9 Å². The van der Waals surface area contributed by atoms with Crippen molar-refractivity contribution in [3.63, 3.8) is 0 Å². The summed E-state index contributed by atoms with van der Waals surface area (Å²) in [6.45, 7) is 6.58. The van der Waals surface area contributed by atoms with E-state index in [9.17, 15) is 18.0 Å². The predicted molar refractivity (Wildman–Crippen MR) is 118 cm³/mol. The van der Waals surface area contributed by atoms with Crippen molar-refractivity contribution >= 4 is 11.7 Å². The number of nitrogens with two attached hydrogens (primary N) is 1. The van der Waals surface area contributed by atoms with E-state index < -0.39 is 17.7 Å². The van der Waals surface area contributed by atoms with Crippen molar-refractivity contribution in [3.8, 4) is 16.9 Å². The number of hydrogen-bond donors (Lipinski definition) is 1. The number of rotatable bonds is 9. The Morgan fingerprint density at radius 2 is 1.81 bits per heavy atom. The Kier molecular flexibility index (Phi) is 7.36. The minimum absolute atomic E-state index is 0.229. The summed E-state index contributed by atoms with van der Waals surface area (Å²) in [5, 5.41) is 0. The van der Waals surface area contributed by atoms with E-state index in [0.29, 0.717) is 47.1 Å². The fourth-order valence-corrected chi connectivity index (χ4v) is 3.62. The molecule has 0 amide bonds. The lowest BCUT2D eigenvalue weighted by atomic mass is 9.87. The van der Waals surface area contributed by atoms with Gasteiger partial charge in [-0.1, -0.05) is 26.0 Å². The molecule has 1 atom stereocenters. The monoisotopic (exact) mass is 449 g/mol. The third-order valence-corrected chi connectivity index (χ3v) is 5.54. The molecule has 32 heavy (non-hydrogen) atoms. The number of halogens is 3. The average molecular weight is 450 g/mol. The lowest BCUT2D eigenvalue weighted by Gasteiger charge is -2.22. The maximum Gasteiger partial charge on any atom is 0.416 e. The third-order valence-electron chi connectivity index (χ3n) is 5.54. The molecule has 0 radical (unpaired) electrons. The topological polar surface area (TPSA) is 61.5 Å². The number of hydrogen-bond acceptors (Lipinski definition) is 4. The zero-order valence-corrected chi connectivity index (χ0v) is 18.7. The first-order valence-corrected chi connectivity index (χ1v) is 11.0. The predicted octanol–water partition coefficient (Wildman–Crippen LogP) is 6.44. The molecule has 0 spiro atoms. The Bertz CT molecular complexity index is 935. The van der Waals surface area contributed by atoms with Crippen LogP contribution in [-0.2, 0) is 15.7 Å². The summed E-state index contributed by atoms with van der Waals surface area (Å²) in [6, 6.07) is 8.39. The molecule has 174 valence electrons. The van der Waals surface area contributed by atoms with Gasteiger partial charge >= 0.3 is 12.1 Å². The molecule has 0 saturated heterocycles. The molecule has 2 N–H and O–H groups in total. The number of nitrogen functional groups attached to an aromatic ring is 1. The van der Waals surface area contributed by atoms with Crippen LogP contribution in [-0.4, -0.2) is 19.2 Å². The summed E-state index contributed by atoms with van der Waals surface area (Å²) in [5.74, 6) is 0.309. The van der Waals surface area contributed by atoms with Gasteiger partial charge in [0.15, 0.2) is 0 Å². The lowest BCUT2D eigenvalue weighted by molar-refractivity contribution is -0.145. The minimum atomic E-state index is -4.42. The summed E-state index contributed by atoms with van der Waals surface area (Å²) in [4.78, 5) is 12.7. The molecule has 0 heterocycles. The van der Waals surface area contributed by atoms with E-state index in [4.69, 9.17) is 15.2 Å². The van der Waals surface area contributed by atoms with Crippen LogP contribution in [0, 0.1) is 11.8 Å². The molecule has 1 fully saturated rings. The smallest absolute Gasteiger partial charge is 0.416 e. The Morgan fingerprint density at radius 3 is 2.34 bits per heavy atom. The molecule has 4 nitrogen and oxygen atoms in total. The molecular formula is C25H30F3NO3. The Labute approximate surface area is 186 Å². The molecule has 1 aliphatic carbocycles. The standard InChI is InChI=1S/C25H30F3NO3/c1-4-31-24(30)21(11-15(2)3)18-12-20(17-7-9-19(10-8-17)25(26,27)28)23(29)22(13-18)32-14-16-5-6-16/h7-10,12-13,15-16,21H,4-6,11,14,29H2,1-3H3. The molecule has 7 heteroatoms. The lowest BCUT2D eigenvalue weighted by Crippen LogP contribution is -2.18. The van der Waals surface area contributed by atoms with Gasteiger partial charge in [0.2, 0.25) is 0 Å². The molecule has 2 aromatic carbocycles. The van der Waals surface area contributed by atoms with Crippen molar-refractivity contribution in [2.75, 3.05) is 18.9 Å². The first-order valence-electron chi connectivity index (χ1n) is 11.0. The summed E-state index contributed by atoms with van der Waals surface area (Å²) < 4.78 is 50.3. The molecule has 0 bridgehead atoms. The molecule has 3 rings (SSSR count). The van der Waals surface area contributed by atoms with E-state index in [0.717, 1.165) is 25.0 Å². The molecule has 1 unspecified atom stereocenters. The van der Waals surface area contributed by atoms with Gasteiger partial charge in [-0.05, 0) is 73.4 Å². The first-order chi connectivity index (χ1) is 15.1. The SMILES string of the molecule is CCOC(=O)C(CC(C)C)c1cc(OCC2CC2)c(N)c(-c2ccc(C(F)(F)F)cc2)c1. The van der Waals surface area contributed by atoms with Crippen LogP contribution < -0.4 is 10.5 Å². The number of alkyl halides is 3. The molecule has 2 aromatic rings. The number of anilines is 1. The van der Waals surface area contributed by atoms with Crippen molar-refractivity contribution in [2.45, 2.75) is 52.1 Å². The van der Waals surface area contributed by atoms with Gasteiger partial charge in [-0.15, -0.1) is 0 Å². The van der Waals surface area contributed by atoms with E-state index >= 15 is 0 Å². The van der Waals surface area contributed by atoms with E-state index in [2.05, 4.69) is 0 Å². The van der Waals surface area contributed by atoms with Crippen molar-refractivity contribution in [3.05, 3.63) is 47.5 Å². The molecule has 1 aliphatic rings. The largest absolute Gasteiger partial charge is 0.491 e. The molecular weight excluding hydrogens is 419 g/mol. The Morgan fingerprint density at radius 1 is 1.16 bits per heavy atom. The van der Waals surface area contributed by atoms with Crippen LogP contribution in [0.2, 0.25) is 0 Å². The van der Waals surface area contributed by atoms with Gasteiger partial charge in [-0.25, -0.2) is 0 Å². The van der Waals surface area contributed by atoms with Gasteiger partial charge in [0.05, 0.1) is 30.4 Å². The second kappa shape index (κ2) is 9.84. The van der Waals surface area contributed by atoms with Gasteiger partial charge in [0.25, 0.3) is 0 Å². The molecule has 0 aliphatic heterocycles. The number of carbonyl (C=O) groups is 1. The summed E-state index contributed by atoms with van der Waals surface area (Å²) in [5.41, 5.74) is 7.76. The fraction of sp³-hybridized carbons (Fsp3) is 0.480. The fourth-order valence-electron chi connectivity index (χ4n) is 3.62. The number of benzene rings is 2. The van der Waals surface area contributed by atoms with Crippen LogP contribution in [0.5, 0.6) is 5.75 Å². The van der Waals surface area contributed by atoms with Gasteiger partial charge in [0.1, 0.15) is 5.75 Å². The van der Waals surface area contributed by atoms with Crippen LogP contribution in [0.1, 0.15) is 57.1 Å². The van der Waals surface area contributed by atoms with E-state index in [-0.39, 0.29) is 18.5 Å². The second-order valence-electron chi connectivity index (χ2n) is 8.74. The van der Waals surface area contributed by atoms with Gasteiger partial charge < -0.3 is 15.2 Å². The highest BCUT2D eigenvalue weighted by atomic mass is 19.4. The van der Waals surface area contributed by atoms with Gasteiger partial charge in [0, 0.05) is 5.56 Å². The highest BCUT2D eigenvalue weighted by Crippen LogP contribution is 2.41. The van der Waals surface area contributed by atoms with Crippen molar-refractivity contribution in [2.24, 2.45) is 11.8 Å². The van der Waals surface area contributed by atoms with E-state index in [1.54, 1.807) is 19.1 Å². The van der Waals surface area contributed by atoms with Gasteiger partial charge in [-0.2, -0.15) is 13.2 Å². The molecule has 1 saturated carbocycles. The van der Waals surface area contributed by atoms with Crippen molar-refractivity contribution in [1.82, 2.24) is 0 Å². The summed E-state index contributed by atoms with van der Waals surface area (Å²) in [6.07, 6.45) is -1.65. The normalized spacial score (nSPS) is 15.0. The van der Waals surface area contributed by atoms with Crippen LogP contribution in [0.15, 0.2) is 36.4 Å². The van der Waals surface area contributed by atoms with Gasteiger partial charge in [-0.3, -0.25) is 4.79 Å². The number of esters is 1. The minimum Gasteiger partial charge on any atom is -0.491 e. The first kappa shape index (κ1) is 24.0. The second-order valence-corrected chi connectivity index (χ2v) is 8.74. The number of carbonyl (C=O) groups excluding carboxylic acids is 1. The summed E-state index contributed by atoms with van der Waals surface area (Å²) in [7, 11) is 0. The van der Waals surface area contributed by atoms with Crippen molar-refractivity contribution in [1.29, 1.82) is 0 Å². The quantitative estimate of drug-likeness (QED) is 0.354. The maximum atomic E-state index is 13.0. The average Bonchev–Trinajstić information content (AvgIpc) is 3.55. The van der Waals surface area contributed by atoms with E-state index in [1.165, 1.54) is 12.1 Å². The Balaban J connectivity index is 2.06. The van der Waals surface area contributed by atoms with E-state index in [1.807, 2.05) is 13.8 Å². The maximum absolute atomic E-state index is 13.0. The van der Waals surface area contributed by atoms with Crippen LogP contribution >= 0.6 is 0 Å². The zero-order chi connectivity index (χ0) is 23.5. The number of ether oxygens (including phenoxy) is 2. The highest BCUT2D eigenvalue weighted by molar-refractivity contribution is 5.85. The van der Waals surface area contributed by atoms with Crippen LogP contribution in [0.25, 0.3) is 11.1 Å².